The Morgan fingerprint density at radius 3 is 2.15 bits per heavy atom. The number of rotatable bonds is 6. The number of benzene rings is 3. The Labute approximate surface area is 196 Å². The normalized spacial score (nSPS) is 11.1. The summed E-state index contributed by atoms with van der Waals surface area (Å²) >= 11 is 0. The zero-order valence-electron chi connectivity index (χ0n) is 18.1. The van der Waals surface area contributed by atoms with Crippen LogP contribution in [0.5, 0.6) is 11.5 Å². The van der Waals surface area contributed by atoms with Gasteiger partial charge in [0.1, 0.15) is 11.5 Å². The van der Waals surface area contributed by atoms with Gasteiger partial charge in [0.05, 0.1) is 17.0 Å². The van der Waals surface area contributed by atoms with E-state index in [4.69, 9.17) is 4.74 Å². The van der Waals surface area contributed by atoms with Gasteiger partial charge < -0.3 is 9.84 Å². The number of hydrogen-bond acceptors (Lipinski definition) is 4. The van der Waals surface area contributed by atoms with Crippen molar-refractivity contribution in [2.45, 2.75) is 0 Å². The molecule has 164 valence electrons. The van der Waals surface area contributed by atoms with Gasteiger partial charge in [-0.05, 0) is 70.4 Å². The highest BCUT2D eigenvalue weighted by molar-refractivity contribution is 5.88. The zero-order chi connectivity index (χ0) is 23.3. The zero-order valence-corrected chi connectivity index (χ0v) is 18.1. The highest BCUT2D eigenvalue weighted by Crippen LogP contribution is 2.26. The van der Waals surface area contributed by atoms with Crippen molar-refractivity contribution in [2.75, 3.05) is 0 Å². The topological polar surface area (TPSA) is 72.3 Å². The predicted molar refractivity (Wildman–Crippen MR) is 134 cm³/mol. The second-order valence-corrected chi connectivity index (χ2v) is 7.72. The summed E-state index contributed by atoms with van der Waals surface area (Å²) in [6.45, 7) is 0. The van der Waals surface area contributed by atoms with Crippen LogP contribution in [0.25, 0.3) is 34.3 Å². The molecule has 0 radical (unpaired) electrons. The summed E-state index contributed by atoms with van der Waals surface area (Å²) in [6, 6.07) is 28.9. The first-order valence-corrected chi connectivity index (χ1v) is 10.7. The number of aromatic nitrogens is 2. The van der Waals surface area contributed by atoms with Crippen molar-refractivity contribution in [2.24, 2.45) is 0 Å². The quantitative estimate of drug-likeness (QED) is 0.307. The van der Waals surface area contributed by atoms with E-state index in [0.29, 0.717) is 11.4 Å². The molecule has 0 fully saturated rings. The van der Waals surface area contributed by atoms with Crippen LogP contribution in [0.1, 0.15) is 21.5 Å². The molecule has 0 saturated heterocycles. The second kappa shape index (κ2) is 9.38. The van der Waals surface area contributed by atoms with Gasteiger partial charge in [-0.3, -0.25) is 9.97 Å². The summed E-state index contributed by atoms with van der Waals surface area (Å²) in [4.78, 5) is 19.8. The first-order chi connectivity index (χ1) is 16.6. The van der Waals surface area contributed by atoms with E-state index in [2.05, 4.69) is 28.2 Å². The van der Waals surface area contributed by atoms with E-state index in [-0.39, 0.29) is 5.56 Å². The fourth-order valence-corrected chi connectivity index (χ4v) is 3.60. The van der Waals surface area contributed by atoms with Crippen molar-refractivity contribution in [3.63, 3.8) is 0 Å². The molecule has 0 unspecified atom stereocenters. The lowest BCUT2D eigenvalue weighted by atomic mass is 10.1. The van der Waals surface area contributed by atoms with Gasteiger partial charge in [0, 0.05) is 12.4 Å². The first-order valence-electron chi connectivity index (χ1n) is 10.7. The minimum atomic E-state index is -0.993. The van der Waals surface area contributed by atoms with E-state index in [9.17, 15) is 9.90 Å². The van der Waals surface area contributed by atoms with Gasteiger partial charge in [-0.1, -0.05) is 54.6 Å². The maximum absolute atomic E-state index is 11.2. The summed E-state index contributed by atoms with van der Waals surface area (Å²) in [5.74, 6) is 0.572. The van der Waals surface area contributed by atoms with Gasteiger partial charge in [0.25, 0.3) is 0 Å². The fraction of sp³-hybridized carbons (Fsp3) is 0. The molecule has 5 nitrogen and oxygen atoms in total. The molecule has 0 amide bonds. The van der Waals surface area contributed by atoms with E-state index in [1.54, 1.807) is 6.20 Å². The molecule has 0 aliphatic carbocycles. The molecule has 1 N–H and O–H groups in total. The lowest BCUT2D eigenvalue weighted by Crippen LogP contribution is -1.98. The van der Waals surface area contributed by atoms with Gasteiger partial charge in [-0.15, -0.1) is 0 Å². The van der Waals surface area contributed by atoms with Crippen LogP contribution >= 0.6 is 0 Å². The number of aromatic carboxylic acids is 1. The Bertz CT molecular complexity index is 1510. The maximum atomic E-state index is 11.2. The van der Waals surface area contributed by atoms with E-state index in [1.807, 2.05) is 72.8 Å². The number of pyridine rings is 2. The SMILES string of the molecule is O=C(O)c1ccnc(-c2cc(/C=C/c3ccc(Oc4ccc5ccccc5c4)cc3)ccn2)c1. The van der Waals surface area contributed by atoms with Crippen molar-refractivity contribution in [1.29, 1.82) is 0 Å². The van der Waals surface area contributed by atoms with E-state index >= 15 is 0 Å². The number of carbonyl (C=O) groups is 1. The summed E-state index contributed by atoms with van der Waals surface area (Å²) in [6.07, 6.45) is 7.14. The van der Waals surface area contributed by atoms with Gasteiger partial charge in [0.2, 0.25) is 0 Å². The van der Waals surface area contributed by atoms with Crippen LogP contribution in [-0.4, -0.2) is 21.0 Å². The molecule has 0 aliphatic rings. The first kappa shape index (κ1) is 21.1. The summed E-state index contributed by atoms with van der Waals surface area (Å²) < 4.78 is 6.01. The molecule has 0 bridgehead atoms. The molecule has 5 aromatic rings. The van der Waals surface area contributed by atoms with Crippen LogP contribution in [0.4, 0.5) is 0 Å². The molecule has 5 rings (SSSR count). The van der Waals surface area contributed by atoms with Crippen LogP contribution in [0.2, 0.25) is 0 Å². The highest BCUT2D eigenvalue weighted by Gasteiger charge is 2.07. The Kier molecular flexibility index (Phi) is 5.82. The molecule has 0 aliphatic heterocycles. The summed E-state index contributed by atoms with van der Waals surface area (Å²) in [5, 5.41) is 11.5. The van der Waals surface area contributed by atoms with Crippen molar-refractivity contribution >= 4 is 28.9 Å². The van der Waals surface area contributed by atoms with Crippen molar-refractivity contribution in [3.05, 3.63) is 120 Å². The van der Waals surface area contributed by atoms with Gasteiger partial charge in [-0.2, -0.15) is 0 Å². The molecule has 0 saturated carbocycles. The van der Waals surface area contributed by atoms with Gasteiger partial charge >= 0.3 is 5.97 Å². The Morgan fingerprint density at radius 2 is 1.35 bits per heavy atom. The van der Waals surface area contributed by atoms with E-state index in [0.717, 1.165) is 28.0 Å². The van der Waals surface area contributed by atoms with Crippen LogP contribution in [0.3, 0.4) is 0 Å². The van der Waals surface area contributed by atoms with Crippen LogP contribution < -0.4 is 4.74 Å². The third-order valence-corrected chi connectivity index (χ3v) is 5.36. The number of ether oxygens (including phenoxy) is 1. The third-order valence-electron chi connectivity index (χ3n) is 5.36. The number of fused-ring (bicyclic) bond motifs is 1. The number of nitrogens with zero attached hydrogens (tertiary/aromatic N) is 2. The van der Waals surface area contributed by atoms with Crippen LogP contribution in [0.15, 0.2) is 103 Å². The van der Waals surface area contributed by atoms with Crippen molar-refractivity contribution in [3.8, 4) is 22.9 Å². The maximum Gasteiger partial charge on any atom is 0.335 e. The van der Waals surface area contributed by atoms with Gasteiger partial charge in [0.15, 0.2) is 0 Å². The highest BCUT2D eigenvalue weighted by atomic mass is 16.5. The fourth-order valence-electron chi connectivity index (χ4n) is 3.60. The molecule has 2 aromatic heterocycles. The largest absolute Gasteiger partial charge is 0.478 e. The predicted octanol–water partition coefficient (Wildman–Crippen LogP) is 6.96. The molecule has 0 atom stereocenters. The molecular weight excluding hydrogens is 424 g/mol. The Balaban J connectivity index is 1.29. The average Bonchev–Trinajstić information content (AvgIpc) is 2.88. The second-order valence-electron chi connectivity index (χ2n) is 7.72. The summed E-state index contributed by atoms with van der Waals surface area (Å²) in [7, 11) is 0. The molecular formula is C29H20N2O3. The lowest BCUT2D eigenvalue weighted by Gasteiger charge is -2.07. The Hall–Kier alpha value is -4.77. The Morgan fingerprint density at radius 1 is 0.676 bits per heavy atom. The van der Waals surface area contributed by atoms with Crippen molar-refractivity contribution < 1.29 is 14.6 Å². The standard InChI is InChI=1S/C29H20N2O3/c32-29(33)24-14-16-31-28(19-24)27-17-21(13-15-30-27)6-5-20-7-10-25(11-8-20)34-26-12-9-22-3-1-2-4-23(22)18-26/h1-19H,(H,32,33)/b6-5+. The molecule has 5 heteroatoms. The molecule has 2 heterocycles. The van der Waals surface area contributed by atoms with Crippen LogP contribution in [-0.2, 0) is 0 Å². The van der Waals surface area contributed by atoms with Crippen molar-refractivity contribution in [1.82, 2.24) is 9.97 Å². The minimum absolute atomic E-state index is 0.179. The summed E-state index contributed by atoms with van der Waals surface area (Å²) in [5.41, 5.74) is 3.27. The number of hydrogen-bond donors (Lipinski definition) is 1. The molecule has 0 spiro atoms. The lowest BCUT2D eigenvalue weighted by molar-refractivity contribution is 0.0697. The van der Waals surface area contributed by atoms with Crippen LogP contribution in [0, 0.1) is 0 Å². The van der Waals surface area contributed by atoms with Gasteiger partial charge in [-0.25, -0.2) is 4.79 Å². The van der Waals surface area contributed by atoms with E-state index in [1.165, 1.54) is 23.7 Å². The molecule has 3 aromatic carbocycles. The molecule has 34 heavy (non-hydrogen) atoms. The monoisotopic (exact) mass is 444 g/mol. The minimum Gasteiger partial charge on any atom is -0.478 e. The smallest absolute Gasteiger partial charge is 0.335 e. The van der Waals surface area contributed by atoms with E-state index < -0.39 is 5.97 Å². The third kappa shape index (κ3) is 4.84. The number of carboxylic acid groups (broad SMARTS) is 1. The number of carboxylic acids is 1. The average molecular weight is 444 g/mol.